The highest BCUT2D eigenvalue weighted by Gasteiger charge is 2.29. The standard InChI is InChI=1S/C7H12O4/c8-4-3-5-1-2-6(11-5)7(9)10/h5-6,8H,1-4H2,(H,9,10). The second kappa shape index (κ2) is 3.69. The minimum Gasteiger partial charge on any atom is -0.479 e. The van der Waals surface area contributed by atoms with E-state index in [1.165, 1.54) is 0 Å². The molecule has 11 heavy (non-hydrogen) atoms. The molecule has 2 atom stereocenters. The normalized spacial score (nSPS) is 30.6. The molecule has 0 bridgehead atoms. The van der Waals surface area contributed by atoms with Gasteiger partial charge < -0.3 is 14.9 Å². The van der Waals surface area contributed by atoms with Crippen molar-refractivity contribution in [3.05, 3.63) is 0 Å². The van der Waals surface area contributed by atoms with Crippen LogP contribution in [0.25, 0.3) is 0 Å². The van der Waals surface area contributed by atoms with Crippen molar-refractivity contribution in [3.8, 4) is 0 Å². The quantitative estimate of drug-likeness (QED) is 0.610. The van der Waals surface area contributed by atoms with Gasteiger partial charge in [-0.2, -0.15) is 0 Å². The number of rotatable bonds is 3. The van der Waals surface area contributed by atoms with Gasteiger partial charge in [0.1, 0.15) is 0 Å². The molecule has 0 aromatic carbocycles. The molecule has 1 aliphatic heterocycles. The van der Waals surface area contributed by atoms with E-state index in [1.807, 2.05) is 0 Å². The number of hydrogen-bond donors (Lipinski definition) is 2. The second-order valence-corrected chi connectivity index (χ2v) is 2.67. The number of carbonyl (C=O) groups is 1. The lowest BCUT2D eigenvalue weighted by Crippen LogP contribution is -2.20. The summed E-state index contributed by atoms with van der Waals surface area (Å²) in [6.45, 7) is 0.0665. The Morgan fingerprint density at radius 1 is 1.55 bits per heavy atom. The molecule has 64 valence electrons. The van der Waals surface area contributed by atoms with Crippen LogP contribution >= 0.6 is 0 Å². The summed E-state index contributed by atoms with van der Waals surface area (Å²) >= 11 is 0. The van der Waals surface area contributed by atoms with E-state index in [1.54, 1.807) is 0 Å². The molecule has 0 aliphatic carbocycles. The Hall–Kier alpha value is -0.610. The van der Waals surface area contributed by atoms with Crippen LogP contribution in [0.15, 0.2) is 0 Å². The van der Waals surface area contributed by atoms with Crippen LogP contribution in [0.4, 0.5) is 0 Å². The van der Waals surface area contributed by atoms with Gasteiger partial charge in [-0.25, -0.2) is 4.79 Å². The van der Waals surface area contributed by atoms with Gasteiger partial charge in [-0.3, -0.25) is 0 Å². The first-order valence-corrected chi connectivity index (χ1v) is 3.73. The summed E-state index contributed by atoms with van der Waals surface area (Å²) in [4.78, 5) is 10.4. The molecule has 1 fully saturated rings. The van der Waals surface area contributed by atoms with E-state index in [2.05, 4.69) is 0 Å². The minimum atomic E-state index is -0.898. The highest BCUT2D eigenvalue weighted by Crippen LogP contribution is 2.21. The molecule has 1 aliphatic rings. The zero-order valence-corrected chi connectivity index (χ0v) is 6.19. The lowest BCUT2D eigenvalue weighted by molar-refractivity contribution is -0.149. The van der Waals surface area contributed by atoms with Gasteiger partial charge in [-0.05, 0) is 19.3 Å². The maximum absolute atomic E-state index is 10.4. The first-order chi connectivity index (χ1) is 5.24. The number of carboxylic acids is 1. The van der Waals surface area contributed by atoms with Crippen molar-refractivity contribution in [2.45, 2.75) is 31.5 Å². The van der Waals surface area contributed by atoms with Crippen molar-refractivity contribution in [2.24, 2.45) is 0 Å². The van der Waals surface area contributed by atoms with Crippen LogP contribution in [0.3, 0.4) is 0 Å². The van der Waals surface area contributed by atoms with Gasteiger partial charge in [0.2, 0.25) is 0 Å². The zero-order chi connectivity index (χ0) is 8.27. The van der Waals surface area contributed by atoms with Gasteiger partial charge >= 0.3 is 5.97 Å². The number of aliphatic hydroxyl groups is 1. The lowest BCUT2D eigenvalue weighted by Gasteiger charge is -2.08. The highest BCUT2D eigenvalue weighted by molar-refractivity contribution is 5.72. The summed E-state index contributed by atoms with van der Waals surface area (Å²) in [5.41, 5.74) is 0. The van der Waals surface area contributed by atoms with Crippen molar-refractivity contribution in [3.63, 3.8) is 0 Å². The third-order valence-electron chi connectivity index (χ3n) is 1.83. The largest absolute Gasteiger partial charge is 0.479 e. The fourth-order valence-corrected chi connectivity index (χ4v) is 1.24. The fraction of sp³-hybridized carbons (Fsp3) is 0.857. The van der Waals surface area contributed by atoms with Crippen LogP contribution in [-0.2, 0) is 9.53 Å². The number of aliphatic hydroxyl groups excluding tert-OH is 1. The fourth-order valence-electron chi connectivity index (χ4n) is 1.24. The molecule has 1 saturated heterocycles. The van der Waals surface area contributed by atoms with Gasteiger partial charge in [0.15, 0.2) is 6.10 Å². The number of ether oxygens (including phenoxy) is 1. The van der Waals surface area contributed by atoms with Gasteiger partial charge in [-0.15, -0.1) is 0 Å². The number of aliphatic carboxylic acids is 1. The Bertz CT molecular complexity index is 145. The van der Waals surface area contributed by atoms with Crippen LogP contribution in [-0.4, -0.2) is 35.0 Å². The Morgan fingerprint density at radius 2 is 2.27 bits per heavy atom. The molecule has 4 heteroatoms. The second-order valence-electron chi connectivity index (χ2n) is 2.67. The van der Waals surface area contributed by atoms with Gasteiger partial charge in [-0.1, -0.05) is 0 Å². The molecule has 4 nitrogen and oxygen atoms in total. The number of carboxylic acid groups (broad SMARTS) is 1. The molecule has 0 aromatic rings. The molecule has 0 spiro atoms. The predicted octanol–water partition coefficient (Wildman–Crippen LogP) is 0.001000. The average molecular weight is 160 g/mol. The Balaban J connectivity index is 2.29. The van der Waals surface area contributed by atoms with Crippen molar-refractivity contribution in [1.29, 1.82) is 0 Å². The van der Waals surface area contributed by atoms with Crippen LogP contribution < -0.4 is 0 Å². The SMILES string of the molecule is O=C(O)C1CCC(CCO)O1. The van der Waals surface area contributed by atoms with Crippen molar-refractivity contribution >= 4 is 5.97 Å². The van der Waals surface area contributed by atoms with Crippen LogP contribution in [0.1, 0.15) is 19.3 Å². The third kappa shape index (κ3) is 2.17. The van der Waals surface area contributed by atoms with Gasteiger partial charge in [0.05, 0.1) is 6.10 Å². The van der Waals surface area contributed by atoms with Crippen LogP contribution in [0.5, 0.6) is 0 Å². The summed E-state index contributed by atoms with van der Waals surface area (Å²) < 4.78 is 5.10. The topological polar surface area (TPSA) is 66.8 Å². The minimum absolute atomic E-state index is 0.0545. The zero-order valence-electron chi connectivity index (χ0n) is 6.19. The molecule has 2 unspecified atom stereocenters. The molecule has 1 rings (SSSR count). The monoisotopic (exact) mass is 160 g/mol. The summed E-state index contributed by atoms with van der Waals surface area (Å²) in [7, 11) is 0. The van der Waals surface area contributed by atoms with Crippen LogP contribution in [0.2, 0.25) is 0 Å². The first-order valence-electron chi connectivity index (χ1n) is 3.73. The van der Waals surface area contributed by atoms with E-state index < -0.39 is 12.1 Å². The van der Waals surface area contributed by atoms with E-state index in [0.717, 1.165) is 6.42 Å². The summed E-state index contributed by atoms with van der Waals surface area (Å²) in [5.74, 6) is -0.898. The smallest absolute Gasteiger partial charge is 0.332 e. The average Bonchev–Trinajstić information content (AvgIpc) is 2.37. The number of hydrogen-bond acceptors (Lipinski definition) is 3. The first kappa shape index (κ1) is 8.49. The Kier molecular flexibility index (Phi) is 2.84. The molecule has 2 N–H and O–H groups in total. The van der Waals surface area contributed by atoms with E-state index in [-0.39, 0.29) is 12.7 Å². The Labute approximate surface area is 64.8 Å². The summed E-state index contributed by atoms with van der Waals surface area (Å²) in [5, 5.41) is 17.0. The molecule has 1 heterocycles. The summed E-state index contributed by atoms with van der Waals surface area (Å²) in [6, 6.07) is 0. The van der Waals surface area contributed by atoms with Crippen molar-refractivity contribution < 1.29 is 19.7 Å². The van der Waals surface area contributed by atoms with Crippen molar-refractivity contribution in [2.75, 3.05) is 6.61 Å². The maximum atomic E-state index is 10.4. The van der Waals surface area contributed by atoms with E-state index >= 15 is 0 Å². The third-order valence-corrected chi connectivity index (χ3v) is 1.83. The molecular weight excluding hydrogens is 148 g/mol. The molecule has 0 amide bonds. The Morgan fingerprint density at radius 3 is 2.73 bits per heavy atom. The van der Waals surface area contributed by atoms with Crippen LogP contribution in [0, 0.1) is 0 Å². The van der Waals surface area contributed by atoms with E-state index in [9.17, 15) is 4.79 Å². The highest BCUT2D eigenvalue weighted by atomic mass is 16.5. The van der Waals surface area contributed by atoms with E-state index in [4.69, 9.17) is 14.9 Å². The maximum Gasteiger partial charge on any atom is 0.332 e. The summed E-state index contributed by atoms with van der Waals surface area (Å²) in [6.07, 6.45) is 1.16. The molecular formula is C7H12O4. The van der Waals surface area contributed by atoms with Crippen molar-refractivity contribution in [1.82, 2.24) is 0 Å². The molecule has 0 radical (unpaired) electrons. The van der Waals surface area contributed by atoms with E-state index in [0.29, 0.717) is 12.8 Å². The predicted molar refractivity (Wildman–Crippen MR) is 37.2 cm³/mol. The molecule has 0 aromatic heterocycles. The molecule has 0 saturated carbocycles. The van der Waals surface area contributed by atoms with Gasteiger partial charge in [0.25, 0.3) is 0 Å². The lowest BCUT2D eigenvalue weighted by atomic mass is 10.1. The van der Waals surface area contributed by atoms with Gasteiger partial charge in [0, 0.05) is 6.61 Å².